The topological polar surface area (TPSA) is 39.8 Å². The lowest BCUT2D eigenvalue weighted by Crippen LogP contribution is -2.23. The maximum Gasteiger partial charge on any atom is 0.345 e. The van der Waals surface area contributed by atoms with Gasteiger partial charge in [-0.1, -0.05) is 17.7 Å². The third kappa shape index (κ3) is 1.69. The molecule has 0 atom stereocenters. The first kappa shape index (κ1) is 10.6. The van der Waals surface area contributed by atoms with E-state index in [1.165, 1.54) is 15.8 Å². The second-order valence-corrected chi connectivity index (χ2v) is 4.75. The molecule has 0 amide bonds. The fourth-order valence-corrected chi connectivity index (χ4v) is 2.51. The second-order valence-electron chi connectivity index (χ2n) is 4.31. The molecule has 5 heteroatoms. The van der Waals surface area contributed by atoms with Gasteiger partial charge in [0, 0.05) is 25.0 Å². The maximum absolute atomic E-state index is 11.8. The molecule has 0 fully saturated rings. The standard InChI is InChI=1S/C12H12ClN3O/c1-15-12(17)16-5-4-9-6-10(13)3-2-8(9)7-11(16)14-15/h2-3,6H,4-5,7H2,1H3. The molecule has 0 radical (unpaired) electrons. The zero-order chi connectivity index (χ0) is 12.0. The van der Waals surface area contributed by atoms with Gasteiger partial charge < -0.3 is 0 Å². The van der Waals surface area contributed by atoms with Crippen LogP contribution in [0.5, 0.6) is 0 Å². The number of aromatic nitrogens is 3. The summed E-state index contributed by atoms with van der Waals surface area (Å²) in [7, 11) is 1.69. The van der Waals surface area contributed by atoms with E-state index in [2.05, 4.69) is 5.10 Å². The third-order valence-electron chi connectivity index (χ3n) is 3.21. The Morgan fingerprint density at radius 3 is 3.00 bits per heavy atom. The Kier molecular flexibility index (Phi) is 2.33. The smallest absolute Gasteiger partial charge is 0.278 e. The van der Waals surface area contributed by atoms with E-state index in [0.29, 0.717) is 13.0 Å². The highest BCUT2D eigenvalue weighted by Crippen LogP contribution is 2.21. The summed E-state index contributed by atoms with van der Waals surface area (Å²) < 4.78 is 3.14. The number of hydrogen-bond donors (Lipinski definition) is 0. The van der Waals surface area contributed by atoms with E-state index >= 15 is 0 Å². The first-order chi connectivity index (χ1) is 8.15. The van der Waals surface area contributed by atoms with Crippen LogP contribution < -0.4 is 5.69 Å². The van der Waals surface area contributed by atoms with Crippen LogP contribution in [0.25, 0.3) is 0 Å². The summed E-state index contributed by atoms with van der Waals surface area (Å²) >= 11 is 5.98. The molecule has 0 N–H and O–H groups in total. The number of rotatable bonds is 0. The number of nitrogens with zero attached hydrogens (tertiary/aromatic N) is 3. The first-order valence-corrected chi connectivity index (χ1v) is 5.93. The van der Waals surface area contributed by atoms with Crippen molar-refractivity contribution in [2.45, 2.75) is 19.4 Å². The molecule has 0 saturated carbocycles. The molecule has 1 aliphatic heterocycles. The van der Waals surface area contributed by atoms with Gasteiger partial charge in [0.15, 0.2) is 0 Å². The van der Waals surface area contributed by atoms with Gasteiger partial charge >= 0.3 is 5.69 Å². The zero-order valence-corrected chi connectivity index (χ0v) is 10.2. The molecule has 17 heavy (non-hydrogen) atoms. The average Bonchev–Trinajstić information content (AvgIpc) is 2.48. The van der Waals surface area contributed by atoms with Gasteiger partial charge in [0.1, 0.15) is 5.82 Å². The van der Waals surface area contributed by atoms with Crippen LogP contribution >= 0.6 is 11.6 Å². The van der Waals surface area contributed by atoms with Gasteiger partial charge in [-0.15, -0.1) is 0 Å². The lowest BCUT2D eigenvalue weighted by atomic mass is 10.0. The Balaban J connectivity index is 2.12. The highest BCUT2D eigenvalue weighted by Gasteiger charge is 2.17. The number of halogens is 1. The summed E-state index contributed by atoms with van der Waals surface area (Å²) in [6, 6.07) is 5.89. The molecule has 2 heterocycles. The van der Waals surface area contributed by atoms with Crippen LogP contribution in [-0.2, 0) is 26.4 Å². The van der Waals surface area contributed by atoms with Crippen LogP contribution in [0.2, 0.25) is 5.02 Å². The van der Waals surface area contributed by atoms with Crippen molar-refractivity contribution >= 4 is 11.6 Å². The van der Waals surface area contributed by atoms with Gasteiger partial charge in [0.05, 0.1) is 0 Å². The Bertz CT molecular complexity index is 642. The van der Waals surface area contributed by atoms with Crippen molar-refractivity contribution in [3.05, 3.63) is 50.7 Å². The van der Waals surface area contributed by atoms with Gasteiger partial charge in [0.25, 0.3) is 0 Å². The van der Waals surface area contributed by atoms with E-state index in [1.807, 2.05) is 18.2 Å². The van der Waals surface area contributed by atoms with Crippen LogP contribution in [0, 0.1) is 0 Å². The highest BCUT2D eigenvalue weighted by molar-refractivity contribution is 6.30. The van der Waals surface area contributed by atoms with Crippen LogP contribution in [0.1, 0.15) is 17.0 Å². The van der Waals surface area contributed by atoms with Crippen LogP contribution in [-0.4, -0.2) is 14.3 Å². The largest absolute Gasteiger partial charge is 0.345 e. The van der Waals surface area contributed by atoms with Crippen LogP contribution in [0.4, 0.5) is 0 Å². The molecule has 4 nitrogen and oxygen atoms in total. The summed E-state index contributed by atoms with van der Waals surface area (Å²) in [5.74, 6) is 0.832. The fraction of sp³-hybridized carbons (Fsp3) is 0.333. The van der Waals surface area contributed by atoms with Gasteiger partial charge in [-0.25, -0.2) is 9.48 Å². The van der Waals surface area contributed by atoms with Crippen molar-refractivity contribution in [2.24, 2.45) is 7.05 Å². The Morgan fingerprint density at radius 1 is 1.35 bits per heavy atom. The van der Waals surface area contributed by atoms with Gasteiger partial charge in [-0.2, -0.15) is 5.10 Å². The molecule has 2 aromatic rings. The van der Waals surface area contributed by atoms with Gasteiger partial charge in [-0.3, -0.25) is 4.57 Å². The quantitative estimate of drug-likeness (QED) is 0.708. The monoisotopic (exact) mass is 249 g/mol. The van der Waals surface area contributed by atoms with Crippen LogP contribution in [0.3, 0.4) is 0 Å². The minimum absolute atomic E-state index is 0.0427. The van der Waals surface area contributed by atoms with E-state index in [0.717, 1.165) is 17.3 Å². The van der Waals surface area contributed by atoms with Gasteiger partial charge in [0.2, 0.25) is 0 Å². The van der Waals surface area contributed by atoms with E-state index in [9.17, 15) is 4.79 Å². The SMILES string of the molecule is Cn1nc2n(c1=O)CCc1cc(Cl)ccc1C2. The highest BCUT2D eigenvalue weighted by atomic mass is 35.5. The molecule has 88 valence electrons. The Labute approximate surface area is 103 Å². The van der Waals surface area contributed by atoms with E-state index < -0.39 is 0 Å². The molecular weight excluding hydrogens is 238 g/mol. The number of aryl methyl sites for hydroxylation is 2. The second kappa shape index (κ2) is 3.74. The summed E-state index contributed by atoms with van der Waals surface area (Å²) in [6.07, 6.45) is 1.52. The number of fused-ring (bicyclic) bond motifs is 2. The zero-order valence-electron chi connectivity index (χ0n) is 9.48. The molecule has 0 spiro atoms. The van der Waals surface area contributed by atoms with Crippen molar-refractivity contribution < 1.29 is 0 Å². The molecule has 1 aliphatic rings. The molecule has 3 rings (SSSR count). The summed E-state index contributed by atoms with van der Waals surface area (Å²) in [5.41, 5.74) is 2.38. The lowest BCUT2D eigenvalue weighted by molar-refractivity contribution is 0.641. The van der Waals surface area contributed by atoms with E-state index in [-0.39, 0.29) is 5.69 Å². The Hall–Kier alpha value is -1.55. The predicted octanol–water partition coefficient (Wildman–Crippen LogP) is 1.38. The number of benzene rings is 1. The summed E-state index contributed by atoms with van der Waals surface area (Å²) in [5, 5.41) is 5.01. The van der Waals surface area contributed by atoms with Crippen LogP contribution in [0.15, 0.2) is 23.0 Å². The molecule has 1 aromatic heterocycles. The minimum Gasteiger partial charge on any atom is -0.278 e. The third-order valence-corrected chi connectivity index (χ3v) is 3.44. The van der Waals surface area contributed by atoms with Crippen molar-refractivity contribution in [1.82, 2.24) is 14.3 Å². The Morgan fingerprint density at radius 2 is 2.18 bits per heavy atom. The van der Waals surface area contributed by atoms with Crippen molar-refractivity contribution in [2.75, 3.05) is 0 Å². The maximum atomic E-state index is 11.8. The summed E-state index contributed by atoms with van der Waals surface area (Å²) in [6.45, 7) is 0.676. The normalized spacial score (nSPS) is 14.0. The van der Waals surface area contributed by atoms with Crippen molar-refractivity contribution in [1.29, 1.82) is 0 Å². The molecule has 1 aromatic carbocycles. The number of hydrogen-bond acceptors (Lipinski definition) is 2. The average molecular weight is 250 g/mol. The lowest BCUT2D eigenvalue weighted by Gasteiger charge is -2.04. The summed E-state index contributed by atoms with van der Waals surface area (Å²) in [4.78, 5) is 11.8. The van der Waals surface area contributed by atoms with Gasteiger partial charge in [-0.05, 0) is 29.7 Å². The van der Waals surface area contributed by atoms with E-state index in [4.69, 9.17) is 11.6 Å². The van der Waals surface area contributed by atoms with E-state index in [1.54, 1.807) is 11.6 Å². The van der Waals surface area contributed by atoms with Crippen molar-refractivity contribution in [3.8, 4) is 0 Å². The molecule has 0 bridgehead atoms. The molecule has 0 saturated heterocycles. The minimum atomic E-state index is -0.0427. The fourth-order valence-electron chi connectivity index (χ4n) is 2.31. The predicted molar refractivity (Wildman–Crippen MR) is 65.4 cm³/mol. The first-order valence-electron chi connectivity index (χ1n) is 5.55. The molecular formula is C12H12ClN3O. The molecule has 0 aliphatic carbocycles. The molecule has 0 unspecified atom stereocenters. The van der Waals surface area contributed by atoms with Crippen molar-refractivity contribution in [3.63, 3.8) is 0 Å².